The number of hydrogen-bond acceptors (Lipinski definition) is 5. The van der Waals surface area contributed by atoms with E-state index in [2.05, 4.69) is 9.80 Å². The molecule has 2 aliphatic heterocycles. The lowest BCUT2D eigenvalue weighted by atomic mass is 9.96. The van der Waals surface area contributed by atoms with Crippen LogP contribution < -0.4 is 9.64 Å². The number of hydrogen-bond donors (Lipinski definition) is 0. The summed E-state index contributed by atoms with van der Waals surface area (Å²) in [5.41, 5.74) is 2.37. The highest BCUT2D eigenvalue weighted by molar-refractivity contribution is 6.22. The number of anilines is 1. The fraction of sp³-hybridized carbons (Fsp3) is 0.310. The molecule has 0 aromatic heterocycles. The van der Waals surface area contributed by atoms with Crippen LogP contribution in [0.25, 0.3) is 0 Å². The molecule has 5 rings (SSSR count). The number of carbonyl (C=O) groups excluding carboxylic acids is 2. The third kappa shape index (κ3) is 5.26. The molecule has 3 aromatic carbocycles. The van der Waals surface area contributed by atoms with Crippen molar-refractivity contribution in [2.75, 3.05) is 37.7 Å². The summed E-state index contributed by atoms with van der Waals surface area (Å²) < 4.78 is 32.7. The van der Waals surface area contributed by atoms with Crippen LogP contribution in [0.2, 0.25) is 0 Å². The standard InChI is InChI=1S/C29H29F2N3O3/c1-2-37-25-13-11-24(12-14-25)34-27(35)19-26(29(34)36)32-15-17-33(18-16-32)28(20-3-7-22(30)8-4-20)21-5-9-23(31)10-6-21/h3-14,26,28H,2,15-19H2,1H3. The predicted octanol–water partition coefficient (Wildman–Crippen LogP) is 4.40. The van der Waals surface area contributed by atoms with Crippen LogP contribution in [-0.2, 0) is 9.59 Å². The lowest BCUT2D eigenvalue weighted by Crippen LogP contribution is -2.53. The SMILES string of the molecule is CCOc1ccc(N2C(=O)CC(N3CCN(C(c4ccc(F)cc4)c4ccc(F)cc4)CC3)C2=O)cc1. The molecule has 1 atom stereocenters. The molecule has 2 saturated heterocycles. The van der Waals surface area contributed by atoms with Crippen molar-refractivity contribution in [2.24, 2.45) is 0 Å². The Morgan fingerprint density at radius 3 is 1.86 bits per heavy atom. The topological polar surface area (TPSA) is 53.1 Å². The summed E-state index contributed by atoms with van der Waals surface area (Å²) in [6.45, 7) is 4.91. The van der Waals surface area contributed by atoms with E-state index in [1.807, 2.05) is 6.92 Å². The van der Waals surface area contributed by atoms with Crippen LogP contribution in [-0.4, -0.2) is 60.4 Å². The molecule has 0 radical (unpaired) electrons. The quantitative estimate of drug-likeness (QED) is 0.446. The molecular formula is C29H29F2N3O3. The van der Waals surface area contributed by atoms with Crippen molar-refractivity contribution in [3.8, 4) is 5.75 Å². The summed E-state index contributed by atoms with van der Waals surface area (Å²) in [6, 6.07) is 19.0. The van der Waals surface area contributed by atoms with E-state index in [-0.39, 0.29) is 35.9 Å². The number of halogens is 2. The summed E-state index contributed by atoms with van der Waals surface area (Å²) in [5, 5.41) is 0. The second-order valence-electron chi connectivity index (χ2n) is 9.29. The molecule has 2 aliphatic rings. The molecule has 8 heteroatoms. The van der Waals surface area contributed by atoms with Gasteiger partial charge in [-0.1, -0.05) is 24.3 Å². The average Bonchev–Trinajstić information content (AvgIpc) is 3.21. The molecular weight excluding hydrogens is 476 g/mol. The smallest absolute Gasteiger partial charge is 0.251 e. The Hall–Kier alpha value is -3.62. The Morgan fingerprint density at radius 2 is 1.35 bits per heavy atom. The summed E-state index contributed by atoms with van der Waals surface area (Å²) in [5.74, 6) is -0.357. The van der Waals surface area contributed by atoms with Crippen molar-refractivity contribution in [3.05, 3.63) is 95.6 Å². The Labute approximate surface area is 215 Å². The number of imide groups is 1. The van der Waals surface area contributed by atoms with E-state index in [9.17, 15) is 18.4 Å². The van der Waals surface area contributed by atoms with Crippen LogP contribution in [0.5, 0.6) is 5.75 Å². The van der Waals surface area contributed by atoms with Gasteiger partial charge >= 0.3 is 0 Å². The van der Waals surface area contributed by atoms with Gasteiger partial charge in [-0.15, -0.1) is 0 Å². The lowest BCUT2D eigenvalue weighted by Gasteiger charge is -2.41. The van der Waals surface area contributed by atoms with Crippen LogP contribution in [0.4, 0.5) is 14.5 Å². The van der Waals surface area contributed by atoms with Gasteiger partial charge in [0.15, 0.2) is 0 Å². The molecule has 192 valence electrons. The third-order valence-electron chi connectivity index (χ3n) is 7.06. The highest BCUT2D eigenvalue weighted by Gasteiger charge is 2.43. The Kier molecular flexibility index (Phi) is 7.30. The first-order valence-electron chi connectivity index (χ1n) is 12.5. The minimum atomic E-state index is -0.503. The molecule has 0 bridgehead atoms. The van der Waals surface area contributed by atoms with Crippen molar-refractivity contribution < 1.29 is 23.1 Å². The molecule has 2 amide bonds. The van der Waals surface area contributed by atoms with Gasteiger partial charge in [0.25, 0.3) is 5.91 Å². The number of nitrogens with zero attached hydrogens (tertiary/aromatic N) is 3. The molecule has 2 heterocycles. The first-order valence-corrected chi connectivity index (χ1v) is 12.5. The third-order valence-corrected chi connectivity index (χ3v) is 7.06. The van der Waals surface area contributed by atoms with Gasteiger partial charge in [-0.25, -0.2) is 13.7 Å². The van der Waals surface area contributed by atoms with Gasteiger partial charge in [0.1, 0.15) is 17.4 Å². The van der Waals surface area contributed by atoms with E-state index in [0.29, 0.717) is 44.2 Å². The Balaban J connectivity index is 1.29. The van der Waals surface area contributed by atoms with Crippen LogP contribution >= 0.6 is 0 Å². The van der Waals surface area contributed by atoms with E-state index in [0.717, 1.165) is 11.1 Å². The first-order chi connectivity index (χ1) is 17.9. The van der Waals surface area contributed by atoms with Gasteiger partial charge in [-0.2, -0.15) is 0 Å². The van der Waals surface area contributed by atoms with Crippen LogP contribution in [0.3, 0.4) is 0 Å². The largest absolute Gasteiger partial charge is 0.494 e. The second kappa shape index (κ2) is 10.8. The van der Waals surface area contributed by atoms with Crippen LogP contribution in [0.15, 0.2) is 72.8 Å². The molecule has 1 unspecified atom stereocenters. The van der Waals surface area contributed by atoms with E-state index in [1.165, 1.54) is 29.2 Å². The summed E-state index contributed by atoms with van der Waals surface area (Å²) in [7, 11) is 0. The molecule has 3 aromatic rings. The minimum absolute atomic E-state index is 0.144. The Morgan fingerprint density at radius 1 is 0.811 bits per heavy atom. The maximum atomic E-state index is 13.6. The zero-order chi connectivity index (χ0) is 25.9. The van der Waals surface area contributed by atoms with Gasteiger partial charge in [-0.05, 0) is 66.6 Å². The van der Waals surface area contributed by atoms with Gasteiger partial charge < -0.3 is 4.74 Å². The fourth-order valence-electron chi connectivity index (χ4n) is 5.24. The number of amides is 2. The summed E-state index contributed by atoms with van der Waals surface area (Å²) in [4.78, 5) is 31.7. The van der Waals surface area contributed by atoms with Gasteiger partial charge in [0.2, 0.25) is 5.91 Å². The van der Waals surface area contributed by atoms with E-state index in [4.69, 9.17) is 4.74 Å². The van der Waals surface area contributed by atoms with Crippen LogP contribution in [0, 0.1) is 11.6 Å². The molecule has 37 heavy (non-hydrogen) atoms. The van der Waals surface area contributed by atoms with Crippen molar-refractivity contribution in [1.82, 2.24) is 9.80 Å². The summed E-state index contributed by atoms with van der Waals surface area (Å²) >= 11 is 0. The van der Waals surface area contributed by atoms with Gasteiger partial charge in [-0.3, -0.25) is 19.4 Å². The van der Waals surface area contributed by atoms with Crippen LogP contribution in [0.1, 0.15) is 30.5 Å². The zero-order valence-corrected chi connectivity index (χ0v) is 20.6. The van der Waals surface area contributed by atoms with E-state index < -0.39 is 6.04 Å². The van der Waals surface area contributed by atoms with Gasteiger partial charge in [0.05, 0.1) is 30.8 Å². The first kappa shape index (κ1) is 25.0. The summed E-state index contributed by atoms with van der Waals surface area (Å²) in [6.07, 6.45) is 0.144. The molecule has 0 spiro atoms. The number of ether oxygens (including phenoxy) is 1. The van der Waals surface area contributed by atoms with E-state index >= 15 is 0 Å². The number of benzene rings is 3. The molecule has 0 N–H and O–H groups in total. The highest BCUT2D eigenvalue weighted by Crippen LogP contribution is 2.32. The zero-order valence-electron chi connectivity index (χ0n) is 20.6. The molecule has 6 nitrogen and oxygen atoms in total. The predicted molar refractivity (Wildman–Crippen MR) is 136 cm³/mol. The average molecular weight is 506 g/mol. The highest BCUT2D eigenvalue weighted by atomic mass is 19.1. The molecule has 0 saturated carbocycles. The minimum Gasteiger partial charge on any atom is -0.494 e. The van der Waals surface area contributed by atoms with Gasteiger partial charge in [0, 0.05) is 26.2 Å². The molecule has 0 aliphatic carbocycles. The van der Waals surface area contributed by atoms with E-state index in [1.54, 1.807) is 48.5 Å². The Bertz CT molecular complexity index is 1200. The lowest BCUT2D eigenvalue weighted by molar-refractivity contribution is -0.123. The fourth-order valence-corrected chi connectivity index (χ4v) is 5.24. The number of carbonyl (C=O) groups is 2. The monoisotopic (exact) mass is 505 g/mol. The second-order valence-corrected chi connectivity index (χ2v) is 9.29. The number of rotatable bonds is 7. The number of piperazine rings is 1. The van der Waals surface area contributed by atoms with Crippen molar-refractivity contribution in [1.29, 1.82) is 0 Å². The molecule has 2 fully saturated rings. The maximum Gasteiger partial charge on any atom is 0.251 e. The van der Waals surface area contributed by atoms with Crippen molar-refractivity contribution in [2.45, 2.75) is 25.4 Å². The maximum absolute atomic E-state index is 13.6. The van der Waals surface area contributed by atoms with Crippen molar-refractivity contribution >= 4 is 17.5 Å². The van der Waals surface area contributed by atoms with Crippen molar-refractivity contribution in [3.63, 3.8) is 0 Å². The normalized spacial score (nSPS) is 19.1.